The monoisotopic (exact) mass is 357 g/mol. The normalized spacial score (nSPS) is 11.0. The topological polar surface area (TPSA) is 52.5 Å². The minimum atomic E-state index is 0.515. The lowest BCUT2D eigenvalue weighted by molar-refractivity contribution is 0.965. The standard InChI is InChI=1S/C22H16ClN3/c1-15-10-19(16(2)26(15)22-9-4-3-8-21(22)23)12-20(14-25)18-7-5-6-17(11-18)13-24/h3-12H,1-2H3. The van der Waals surface area contributed by atoms with Gasteiger partial charge in [-0.05, 0) is 61.4 Å². The molecular weight excluding hydrogens is 342 g/mol. The van der Waals surface area contributed by atoms with E-state index in [1.54, 1.807) is 18.2 Å². The molecule has 0 spiro atoms. The molecule has 0 aliphatic carbocycles. The van der Waals surface area contributed by atoms with Gasteiger partial charge in [0.2, 0.25) is 0 Å². The highest BCUT2D eigenvalue weighted by Crippen LogP contribution is 2.28. The molecule has 26 heavy (non-hydrogen) atoms. The molecule has 3 nitrogen and oxygen atoms in total. The Kier molecular flexibility index (Phi) is 4.94. The lowest BCUT2D eigenvalue weighted by Crippen LogP contribution is -1.99. The van der Waals surface area contributed by atoms with Crippen molar-refractivity contribution in [3.63, 3.8) is 0 Å². The van der Waals surface area contributed by atoms with E-state index in [4.69, 9.17) is 16.9 Å². The largest absolute Gasteiger partial charge is 0.316 e. The van der Waals surface area contributed by atoms with Crippen LogP contribution in [-0.2, 0) is 0 Å². The number of hydrogen-bond donors (Lipinski definition) is 0. The van der Waals surface area contributed by atoms with Gasteiger partial charge in [0.1, 0.15) is 0 Å². The number of nitrogens with zero attached hydrogens (tertiary/aromatic N) is 3. The number of aromatic nitrogens is 1. The number of allylic oxidation sites excluding steroid dienone is 1. The van der Waals surface area contributed by atoms with Crippen molar-refractivity contribution in [2.75, 3.05) is 0 Å². The van der Waals surface area contributed by atoms with Gasteiger partial charge in [-0.3, -0.25) is 0 Å². The molecule has 3 rings (SSSR count). The summed E-state index contributed by atoms with van der Waals surface area (Å²) in [5.41, 5.74) is 5.67. The van der Waals surface area contributed by atoms with Crippen LogP contribution in [0.25, 0.3) is 17.3 Å². The summed E-state index contributed by atoms with van der Waals surface area (Å²) in [6, 6.07) is 21.1. The number of hydrogen-bond acceptors (Lipinski definition) is 2. The molecule has 0 atom stereocenters. The first-order chi connectivity index (χ1) is 12.5. The van der Waals surface area contributed by atoms with E-state index < -0.39 is 0 Å². The number of para-hydroxylation sites is 1. The van der Waals surface area contributed by atoms with Crippen molar-refractivity contribution in [1.82, 2.24) is 4.57 Å². The van der Waals surface area contributed by atoms with Gasteiger partial charge >= 0.3 is 0 Å². The number of halogens is 1. The van der Waals surface area contributed by atoms with Gasteiger partial charge in [0, 0.05) is 11.4 Å². The third-order valence-corrected chi connectivity index (χ3v) is 4.61. The van der Waals surface area contributed by atoms with Crippen molar-refractivity contribution < 1.29 is 0 Å². The van der Waals surface area contributed by atoms with Crippen LogP contribution in [0, 0.1) is 36.5 Å². The van der Waals surface area contributed by atoms with Crippen molar-refractivity contribution >= 4 is 23.3 Å². The molecule has 0 bridgehead atoms. The number of aryl methyl sites for hydroxylation is 1. The van der Waals surface area contributed by atoms with Crippen LogP contribution in [0.1, 0.15) is 28.1 Å². The third kappa shape index (κ3) is 3.26. The van der Waals surface area contributed by atoms with Crippen molar-refractivity contribution in [2.45, 2.75) is 13.8 Å². The quantitative estimate of drug-likeness (QED) is 0.566. The predicted molar refractivity (Wildman–Crippen MR) is 105 cm³/mol. The van der Waals surface area contributed by atoms with Gasteiger partial charge in [0.05, 0.1) is 34.0 Å². The molecule has 126 valence electrons. The number of rotatable bonds is 3. The average Bonchev–Trinajstić information content (AvgIpc) is 2.93. The Labute approximate surface area is 158 Å². The Bertz CT molecular complexity index is 1090. The van der Waals surface area contributed by atoms with E-state index in [0.29, 0.717) is 16.2 Å². The maximum atomic E-state index is 9.60. The number of nitriles is 2. The fourth-order valence-electron chi connectivity index (χ4n) is 3.03. The Hall–Kier alpha value is -3.27. The highest BCUT2D eigenvalue weighted by Gasteiger charge is 2.13. The lowest BCUT2D eigenvalue weighted by atomic mass is 10.0. The molecule has 0 amide bonds. The van der Waals surface area contributed by atoms with E-state index in [2.05, 4.69) is 16.7 Å². The summed E-state index contributed by atoms with van der Waals surface area (Å²) in [5.74, 6) is 0. The highest BCUT2D eigenvalue weighted by atomic mass is 35.5. The molecule has 0 aliphatic rings. The molecule has 1 aromatic heterocycles. The van der Waals surface area contributed by atoms with Crippen LogP contribution < -0.4 is 0 Å². The van der Waals surface area contributed by atoms with E-state index in [-0.39, 0.29) is 0 Å². The first-order valence-electron chi connectivity index (χ1n) is 8.11. The zero-order valence-electron chi connectivity index (χ0n) is 14.5. The summed E-state index contributed by atoms with van der Waals surface area (Å²) < 4.78 is 2.08. The summed E-state index contributed by atoms with van der Waals surface area (Å²) >= 11 is 6.36. The van der Waals surface area contributed by atoms with Gasteiger partial charge in [0.15, 0.2) is 0 Å². The fraction of sp³-hybridized carbons (Fsp3) is 0.0909. The van der Waals surface area contributed by atoms with Crippen LogP contribution >= 0.6 is 11.6 Å². The average molecular weight is 358 g/mol. The van der Waals surface area contributed by atoms with Crippen LogP contribution in [0.4, 0.5) is 0 Å². The SMILES string of the molecule is Cc1cc(C=C(C#N)c2cccc(C#N)c2)c(C)n1-c1ccccc1Cl. The van der Waals surface area contributed by atoms with Crippen molar-refractivity contribution in [3.8, 4) is 17.8 Å². The molecule has 0 radical (unpaired) electrons. The Morgan fingerprint density at radius 3 is 2.50 bits per heavy atom. The maximum absolute atomic E-state index is 9.60. The van der Waals surface area contributed by atoms with Gasteiger partial charge in [-0.1, -0.05) is 35.9 Å². The molecule has 2 aromatic carbocycles. The molecule has 0 fully saturated rings. The minimum absolute atomic E-state index is 0.515. The van der Waals surface area contributed by atoms with E-state index in [1.807, 2.05) is 56.3 Å². The fourth-order valence-corrected chi connectivity index (χ4v) is 3.25. The lowest BCUT2D eigenvalue weighted by Gasteiger charge is -2.11. The molecule has 0 N–H and O–H groups in total. The molecule has 0 saturated heterocycles. The van der Waals surface area contributed by atoms with Gasteiger partial charge in [-0.15, -0.1) is 0 Å². The molecule has 0 aliphatic heterocycles. The van der Waals surface area contributed by atoms with E-state index in [9.17, 15) is 5.26 Å². The highest BCUT2D eigenvalue weighted by molar-refractivity contribution is 6.32. The Morgan fingerprint density at radius 2 is 1.81 bits per heavy atom. The molecule has 0 unspecified atom stereocenters. The van der Waals surface area contributed by atoms with Gasteiger partial charge < -0.3 is 4.57 Å². The number of benzene rings is 2. The predicted octanol–water partition coefficient (Wildman–Crippen LogP) is 5.68. The minimum Gasteiger partial charge on any atom is -0.316 e. The molecule has 1 heterocycles. The maximum Gasteiger partial charge on any atom is 0.0998 e. The summed E-state index contributed by atoms with van der Waals surface area (Å²) in [5, 5.41) is 19.4. The zero-order valence-corrected chi connectivity index (χ0v) is 15.2. The second-order valence-corrected chi connectivity index (χ2v) is 6.38. The third-order valence-electron chi connectivity index (χ3n) is 4.29. The second-order valence-electron chi connectivity index (χ2n) is 5.98. The van der Waals surface area contributed by atoms with Gasteiger partial charge in [-0.2, -0.15) is 10.5 Å². The van der Waals surface area contributed by atoms with E-state index >= 15 is 0 Å². The van der Waals surface area contributed by atoms with Crippen molar-refractivity contribution in [3.05, 3.63) is 87.7 Å². The molecule has 0 saturated carbocycles. The van der Waals surface area contributed by atoms with Crippen LogP contribution in [0.3, 0.4) is 0 Å². The Balaban J connectivity index is 2.12. The van der Waals surface area contributed by atoms with Crippen molar-refractivity contribution in [2.24, 2.45) is 0 Å². The summed E-state index contributed by atoms with van der Waals surface area (Å²) in [4.78, 5) is 0. The van der Waals surface area contributed by atoms with Gasteiger partial charge in [0.25, 0.3) is 0 Å². The summed E-state index contributed by atoms with van der Waals surface area (Å²) in [6.45, 7) is 4.01. The van der Waals surface area contributed by atoms with E-state index in [0.717, 1.165) is 28.2 Å². The zero-order chi connectivity index (χ0) is 18.7. The first-order valence-corrected chi connectivity index (χ1v) is 8.49. The van der Waals surface area contributed by atoms with Crippen LogP contribution in [0.5, 0.6) is 0 Å². The molecule has 4 heteroatoms. The van der Waals surface area contributed by atoms with Gasteiger partial charge in [-0.25, -0.2) is 0 Å². The summed E-state index contributed by atoms with van der Waals surface area (Å²) in [7, 11) is 0. The van der Waals surface area contributed by atoms with Crippen molar-refractivity contribution in [1.29, 1.82) is 10.5 Å². The van der Waals surface area contributed by atoms with Crippen LogP contribution in [0.2, 0.25) is 5.02 Å². The first kappa shape index (κ1) is 17.5. The van der Waals surface area contributed by atoms with Crippen LogP contribution in [0.15, 0.2) is 54.6 Å². The second kappa shape index (κ2) is 7.31. The molecular formula is C22H16ClN3. The van der Waals surface area contributed by atoms with E-state index in [1.165, 1.54) is 0 Å². The van der Waals surface area contributed by atoms with Crippen LogP contribution in [-0.4, -0.2) is 4.57 Å². The smallest absolute Gasteiger partial charge is 0.0998 e. The summed E-state index contributed by atoms with van der Waals surface area (Å²) in [6.07, 6.45) is 1.85. The molecule has 3 aromatic rings. The Morgan fingerprint density at radius 1 is 1.04 bits per heavy atom.